The van der Waals surface area contributed by atoms with Crippen LogP contribution in [-0.4, -0.2) is 26.4 Å². The highest BCUT2D eigenvalue weighted by Gasteiger charge is 2.08. The summed E-state index contributed by atoms with van der Waals surface area (Å²) in [5, 5.41) is 20.0. The van der Waals surface area contributed by atoms with Crippen LogP contribution in [0, 0.1) is 11.5 Å². The molecule has 0 atom stereocenters. The molecule has 0 unspecified atom stereocenters. The zero-order valence-electron chi connectivity index (χ0n) is 12.9. The van der Waals surface area contributed by atoms with E-state index in [0.717, 1.165) is 22.6 Å². The van der Waals surface area contributed by atoms with Crippen LogP contribution in [0.15, 0.2) is 65.8 Å². The lowest BCUT2D eigenvalue weighted by atomic mass is 10.1. The molecule has 0 spiro atoms. The largest absolute Gasteiger partial charge is 0.271 e. The molecule has 0 aliphatic heterocycles. The SMILES string of the molecule is CSC(=Nc1ccc(-n2nncc2-c2ccccc2)cc1)NC#N. The fourth-order valence-corrected chi connectivity index (χ4v) is 2.53. The van der Waals surface area contributed by atoms with Gasteiger partial charge in [-0.05, 0) is 30.5 Å². The van der Waals surface area contributed by atoms with Crippen molar-refractivity contribution in [3.8, 4) is 23.1 Å². The minimum Gasteiger partial charge on any atom is -0.271 e. The van der Waals surface area contributed by atoms with E-state index >= 15 is 0 Å². The Kier molecular flexibility index (Phi) is 4.89. The van der Waals surface area contributed by atoms with Gasteiger partial charge in [-0.15, -0.1) is 5.10 Å². The van der Waals surface area contributed by atoms with E-state index in [1.807, 2.05) is 67.0 Å². The molecule has 6 nitrogen and oxygen atoms in total. The fourth-order valence-electron chi connectivity index (χ4n) is 2.19. The predicted molar refractivity (Wildman–Crippen MR) is 96.2 cm³/mol. The Hall–Kier alpha value is -3.11. The molecule has 0 aliphatic rings. The maximum absolute atomic E-state index is 8.68. The van der Waals surface area contributed by atoms with E-state index < -0.39 is 0 Å². The monoisotopic (exact) mass is 334 g/mol. The van der Waals surface area contributed by atoms with Gasteiger partial charge in [0.25, 0.3) is 0 Å². The molecular formula is C17H14N6S. The van der Waals surface area contributed by atoms with Gasteiger partial charge < -0.3 is 0 Å². The molecule has 0 bridgehead atoms. The van der Waals surface area contributed by atoms with Crippen molar-refractivity contribution in [2.75, 3.05) is 6.26 Å². The Labute approximate surface area is 143 Å². The molecule has 0 saturated carbocycles. The Morgan fingerprint density at radius 3 is 2.58 bits per heavy atom. The number of thioether (sulfide) groups is 1. The van der Waals surface area contributed by atoms with E-state index in [0.29, 0.717) is 5.17 Å². The van der Waals surface area contributed by atoms with Crippen molar-refractivity contribution in [1.29, 1.82) is 5.26 Å². The van der Waals surface area contributed by atoms with Gasteiger partial charge in [-0.25, -0.2) is 9.67 Å². The molecule has 24 heavy (non-hydrogen) atoms. The van der Waals surface area contributed by atoms with Crippen LogP contribution in [0.2, 0.25) is 0 Å². The summed E-state index contributed by atoms with van der Waals surface area (Å²) in [6.45, 7) is 0. The second-order valence-electron chi connectivity index (χ2n) is 4.77. The van der Waals surface area contributed by atoms with Crippen LogP contribution in [0.3, 0.4) is 0 Å². The van der Waals surface area contributed by atoms with Crippen molar-refractivity contribution in [3.63, 3.8) is 0 Å². The first-order chi connectivity index (χ1) is 11.8. The smallest absolute Gasteiger partial charge is 0.183 e. The fraction of sp³-hybridized carbons (Fsp3) is 0.0588. The van der Waals surface area contributed by atoms with Gasteiger partial charge in [-0.3, -0.25) is 5.32 Å². The van der Waals surface area contributed by atoms with Crippen LogP contribution in [0.1, 0.15) is 0 Å². The summed E-state index contributed by atoms with van der Waals surface area (Å²) >= 11 is 1.38. The summed E-state index contributed by atoms with van der Waals surface area (Å²) in [4.78, 5) is 4.37. The second kappa shape index (κ2) is 7.44. The van der Waals surface area contributed by atoms with Crippen LogP contribution in [0.5, 0.6) is 0 Å². The van der Waals surface area contributed by atoms with Crippen molar-refractivity contribution in [2.24, 2.45) is 4.99 Å². The minimum absolute atomic E-state index is 0.552. The van der Waals surface area contributed by atoms with E-state index in [4.69, 9.17) is 5.26 Å². The summed E-state index contributed by atoms with van der Waals surface area (Å²) < 4.78 is 1.78. The van der Waals surface area contributed by atoms with Crippen LogP contribution < -0.4 is 5.32 Å². The molecule has 0 fully saturated rings. The third-order valence-corrected chi connectivity index (χ3v) is 3.88. The van der Waals surface area contributed by atoms with Crippen molar-refractivity contribution >= 4 is 22.6 Å². The van der Waals surface area contributed by atoms with E-state index in [-0.39, 0.29) is 0 Å². The number of amidine groups is 1. The number of aliphatic imine (C=N–C) groups is 1. The van der Waals surface area contributed by atoms with Gasteiger partial charge in [0.05, 0.1) is 23.3 Å². The summed E-state index contributed by atoms with van der Waals surface area (Å²) in [5.41, 5.74) is 3.62. The number of benzene rings is 2. The highest BCUT2D eigenvalue weighted by atomic mass is 32.2. The molecule has 0 radical (unpaired) electrons. The number of hydrogen-bond acceptors (Lipinski definition) is 5. The van der Waals surface area contributed by atoms with Crippen LogP contribution >= 0.6 is 11.8 Å². The zero-order valence-corrected chi connectivity index (χ0v) is 13.7. The van der Waals surface area contributed by atoms with Crippen molar-refractivity contribution in [2.45, 2.75) is 0 Å². The molecule has 118 valence electrons. The number of hydrogen-bond donors (Lipinski definition) is 1. The number of nitrogens with one attached hydrogen (secondary N) is 1. The van der Waals surface area contributed by atoms with Crippen molar-refractivity contribution < 1.29 is 0 Å². The molecule has 1 aromatic heterocycles. The first-order valence-electron chi connectivity index (χ1n) is 7.16. The van der Waals surface area contributed by atoms with E-state index in [9.17, 15) is 0 Å². The quantitative estimate of drug-likeness (QED) is 0.344. The Morgan fingerprint density at radius 1 is 1.17 bits per heavy atom. The molecule has 3 rings (SSSR count). The summed E-state index contributed by atoms with van der Waals surface area (Å²) in [7, 11) is 0. The van der Waals surface area contributed by atoms with Gasteiger partial charge in [0.2, 0.25) is 0 Å². The lowest BCUT2D eigenvalue weighted by molar-refractivity contribution is 0.808. The number of aromatic nitrogens is 3. The molecule has 2 aromatic carbocycles. The topological polar surface area (TPSA) is 78.9 Å². The number of rotatable bonds is 3. The van der Waals surface area contributed by atoms with E-state index in [1.54, 1.807) is 10.9 Å². The Morgan fingerprint density at radius 2 is 1.92 bits per heavy atom. The van der Waals surface area contributed by atoms with Gasteiger partial charge in [0.1, 0.15) is 0 Å². The zero-order chi connectivity index (χ0) is 16.8. The molecule has 1 heterocycles. The van der Waals surface area contributed by atoms with Gasteiger partial charge in [-0.2, -0.15) is 5.26 Å². The van der Waals surface area contributed by atoms with Gasteiger partial charge in [-0.1, -0.05) is 47.3 Å². The van der Waals surface area contributed by atoms with E-state index in [2.05, 4.69) is 20.6 Å². The highest BCUT2D eigenvalue weighted by molar-refractivity contribution is 8.13. The number of nitrogens with zero attached hydrogens (tertiary/aromatic N) is 5. The molecule has 1 N–H and O–H groups in total. The third-order valence-electron chi connectivity index (χ3n) is 3.30. The third kappa shape index (κ3) is 3.45. The standard InChI is InChI=1S/C17H14N6S/c1-24-17(19-12-18)21-14-7-9-15(10-8-14)23-16(11-20-22-23)13-5-3-2-4-6-13/h2-11H,1H3,(H,19,21). The number of nitriles is 1. The first kappa shape index (κ1) is 15.8. The van der Waals surface area contributed by atoms with Crippen molar-refractivity contribution in [1.82, 2.24) is 20.3 Å². The molecule has 0 saturated heterocycles. The Balaban J connectivity index is 1.91. The first-order valence-corrected chi connectivity index (χ1v) is 8.38. The molecular weight excluding hydrogens is 320 g/mol. The molecule has 7 heteroatoms. The molecule has 0 amide bonds. The Bertz CT molecular complexity index is 877. The second-order valence-corrected chi connectivity index (χ2v) is 5.57. The highest BCUT2D eigenvalue weighted by Crippen LogP contribution is 2.23. The average Bonchev–Trinajstić information content (AvgIpc) is 3.12. The lowest BCUT2D eigenvalue weighted by Gasteiger charge is -2.07. The van der Waals surface area contributed by atoms with Gasteiger partial charge in [0, 0.05) is 5.56 Å². The normalized spacial score (nSPS) is 11.1. The predicted octanol–water partition coefficient (Wildman–Crippen LogP) is 3.36. The summed E-state index contributed by atoms with van der Waals surface area (Å²) in [6, 6.07) is 17.6. The van der Waals surface area contributed by atoms with Gasteiger partial charge >= 0.3 is 0 Å². The van der Waals surface area contributed by atoms with Gasteiger partial charge in [0.15, 0.2) is 11.4 Å². The minimum atomic E-state index is 0.552. The molecule has 0 aliphatic carbocycles. The van der Waals surface area contributed by atoms with Crippen LogP contribution in [0.25, 0.3) is 16.9 Å². The average molecular weight is 334 g/mol. The van der Waals surface area contributed by atoms with Crippen molar-refractivity contribution in [3.05, 3.63) is 60.8 Å². The van der Waals surface area contributed by atoms with Crippen LogP contribution in [0.4, 0.5) is 5.69 Å². The summed E-state index contributed by atoms with van der Waals surface area (Å²) in [5.74, 6) is 0. The molecule has 3 aromatic rings. The summed E-state index contributed by atoms with van der Waals surface area (Å²) in [6.07, 6.45) is 5.47. The maximum Gasteiger partial charge on any atom is 0.183 e. The maximum atomic E-state index is 8.68. The van der Waals surface area contributed by atoms with E-state index in [1.165, 1.54) is 11.8 Å². The van der Waals surface area contributed by atoms with Crippen LogP contribution in [-0.2, 0) is 0 Å². The lowest BCUT2D eigenvalue weighted by Crippen LogP contribution is -2.12.